The third kappa shape index (κ3) is 3.80. The third-order valence-corrected chi connectivity index (χ3v) is 2.97. The molecular weight excluding hydrogens is 277 g/mol. The number of carbonyl (C=O) groups is 1. The van der Waals surface area contributed by atoms with E-state index in [0.717, 1.165) is 0 Å². The first-order valence-electron chi connectivity index (χ1n) is 5.96. The molecule has 6 nitrogen and oxygen atoms in total. The number of carboxylic acid groups (broad SMARTS) is 1. The Balaban J connectivity index is 1.92. The highest BCUT2D eigenvalue weighted by Crippen LogP contribution is 2.19. The van der Waals surface area contributed by atoms with Crippen molar-refractivity contribution < 1.29 is 23.1 Å². The summed E-state index contributed by atoms with van der Waals surface area (Å²) in [6.07, 6.45) is -4.19. The van der Waals surface area contributed by atoms with Gasteiger partial charge in [-0.25, -0.2) is 4.79 Å². The molecule has 110 valence electrons. The lowest BCUT2D eigenvalue weighted by molar-refractivity contribution is -0.146. The van der Waals surface area contributed by atoms with Crippen LogP contribution in [0.25, 0.3) is 0 Å². The van der Waals surface area contributed by atoms with E-state index in [1.165, 1.54) is 17.0 Å². The molecule has 1 saturated heterocycles. The topological polar surface area (TPSA) is 69.6 Å². The van der Waals surface area contributed by atoms with Gasteiger partial charge in [-0.2, -0.15) is 13.2 Å². The van der Waals surface area contributed by atoms with Crippen molar-refractivity contribution in [2.75, 3.05) is 37.6 Å². The van der Waals surface area contributed by atoms with Crippen molar-refractivity contribution in [1.82, 2.24) is 15.1 Å². The zero-order valence-electron chi connectivity index (χ0n) is 10.5. The van der Waals surface area contributed by atoms with Crippen molar-refractivity contribution in [3.63, 3.8) is 0 Å². The SMILES string of the molecule is O=C(O)c1ccc(N2CCN(CC(F)(F)F)CC2)nn1. The molecule has 1 aromatic heterocycles. The molecule has 1 aliphatic rings. The van der Waals surface area contributed by atoms with Crippen molar-refractivity contribution in [2.45, 2.75) is 6.18 Å². The van der Waals surface area contributed by atoms with Crippen molar-refractivity contribution in [3.05, 3.63) is 17.8 Å². The Hall–Kier alpha value is -1.90. The Morgan fingerprint density at radius 3 is 2.30 bits per heavy atom. The summed E-state index contributed by atoms with van der Waals surface area (Å²) >= 11 is 0. The molecule has 0 aromatic carbocycles. The van der Waals surface area contributed by atoms with E-state index < -0.39 is 18.7 Å². The van der Waals surface area contributed by atoms with Gasteiger partial charge in [-0.15, -0.1) is 10.2 Å². The summed E-state index contributed by atoms with van der Waals surface area (Å²) in [4.78, 5) is 13.7. The fourth-order valence-corrected chi connectivity index (χ4v) is 2.00. The van der Waals surface area contributed by atoms with Gasteiger partial charge in [0.15, 0.2) is 11.5 Å². The lowest BCUT2D eigenvalue weighted by atomic mass is 10.3. The van der Waals surface area contributed by atoms with Gasteiger partial charge in [0, 0.05) is 26.2 Å². The van der Waals surface area contributed by atoms with Crippen LogP contribution in [0, 0.1) is 0 Å². The highest BCUT2D eigenvalue weighted by molar-refractivity contribution is 5.85. The van der Waals surface area contributed by atoms with E-state index in [0.29, 0.717) is 18.9 Å². The third-order valence-electron chi connectivity index (χ3n) is 2.97. The first-order chi connectivity index (χ1) is 9.35. The molecule has 1 aromatic rings. The Kier molecular flexibility index (Phi) is 4.07. The summed E-state index contributed by atoms with van der Waals surface area (Å²) in [6.45, 7) is 0.447. The molecule has 2 rings (SSSR count). The molecule has 0 atom stereocenters. The van der Waals surface area contributed by atoms with Crippen LogP contribution < -0.4 is 4.90 Å². The second-order valence-corrected chi connectivity index (χ2v) is 4.46. The second kappa shape index (κ2) is 5.61. The van der Waals surface area contributed by atoms with Crippen LogP contribution in [0.2, 0.25) is 0 Å². The molecule has 0 radical (unpaired) electrons. The fraction of sp³-hybridized carbons (Fsp3) is 0.545. The van der Waals surface area contributed by atoms with Crippen molar-refractivity contribution in [3.8, 4) is 0 Å². The zero-order chi connectivity index (χ0) is 14.8. The monoisotopic (exact) mass is 290 g/mol. The van der Waals surface area contributed by atoms with Crippen LogP contribution in [-0.2, 0) is 0 Å². The molecule has 20 heavy (non-hydrogen) atoms. The maximum Gasteiger partial charge on any atom is 0.401 e. The normalized spacial score (nSPS) is 17.2. The number of carboxylic acids is 1. The van der Waals surface area contributed by atoms with E-state index in [1.54, 1.807) is 4.90 Å². The van der Waals surface area contributed by atoms with E-state index in [9.17, 15) is 18.0 Å². The number of rotatable bonds is 3. The zero-order valence-corrected chi connectivity index (χ0v) is 10.5. The molecule has 1 aliphatic heterocycles. The second-order valence-electron chi connectivity index (χ2n) is 4.46. The number of aromatic nitrogens is 2. The molecule has 9 heteroatoms. The van der Waals surface area contributed by atoms with Crippen LogP contribution in [0.15, 0.2) is 12.1 Å². The summed E-state index contributed by atoms with van der Waals surface area (Å²) in [6, 6.07) is 2.84. The van der Waals surface area contributed by atoms with E-state index in [4.69, 9.17) is 5.11 Å². The van der Waals surface area contributed by atoms with E-state index in [-0.39, 0.29) is 18.8 Å². The molecule has 0 saturated carbocycles. The number of alkyl halides is 3. The number of nitrogens with zero attached hydrogens (tertiary/aromatic N) is 4. The summed E-state index contributed by atoms with van der Waals surface area (Å²) < 4.78 is 36.7. The Labute approximate surface area is 112 Å². The number of aromatic carboxylic acids is 1. The Morgan fingerprint density at radius 1 is 1.20 bits per heavy atom. The quantitative estimate of drug-likeness (QED) is 0.890. The van der Waals surface area contributed by atoms with Gasteiger partial charge in [-0.3, -0.25) is 4.90 Å². The van der Waals surface area contributed by atoms with Crippen molar-refractivity contribution >= 4 is 11.8 Å². The van der Waals surface area contributed by atoms with Crippen LogP contribution in [0.3, 0.4) is 0 Å². The lowest BCUT2D eigenvalue weighted by Gasteiger charge is -2.35. The molecule has 1 fully saturated rings. The van der Waals surface area contributed by atoms with Crippen molar-refractivity contribution in [2.24, 2.45) is 0 Å². The first-order valence-corrected chi connectivity index (χ1v) is 5.96. The van der Waals surface area contributed by atoms with Crippen LogP contribution >= 0.6 is 0 Å². The maximum absolute atomic E-state index is 12.2. The minimum absolute atomic E-state index is 0.163. The number of piperazine rings is 1. The predicted molar refractivity (Wildman–Crippen MR) is 63.7 cm³/mol. The number of hydrogen-bond donors (Lipinski definition) is 1. The van der Waals surface area contributed by atoms with Gasteiger partial charge in [0.25, 0.3) is 0 Å². The first kappa shape index (κ1) is 14.5. The summed E-state index contributed by atoms with van der Waals surface area (Å²) in [5.41, 5.74) is -0.163. The lowest BCUT2D eigenvalue weighted by Crippen LogP contribution is -2.49. The largest absolute Gasteiger partial charge is 0.476 e. The highest BCUT2D eigenvalue weighted by atomic mass is 19.4. The molecule has 0 amide bonds. The standard InChI is InChI=1S/C11H13F3N4O2/c12-11(13,14)7-17-3-5-18(6-4-17)9-2-1-8(10(19)20)15-16-9/h1-2H,3-7H2,(H,19,20). The van der Waals surface area contributed by atoms with Gasteiger partial charge >= 0.3 is 12.1 Å². The van der Waals surface area contributed by atoms with Crippen LogP contribution in [0.1, 0.15) is 10.5 Å². The smallest absolute Gasteiger partial charge is 0.401 e. The fourth-order valence-electron chi connectivity index (χ4n) is 2.00. The van der Waals surface area contributed by atoms with Gasteiger partial charge in [-0.05, 0) is 12.1 Å². The number of anilines is 1. The van der Waals surface area contributed by atoms with Gasteiger partial charge in [0.05, 0.1) is 6.54 Å². The number of halogens is 3. The van der Waals surface area contributed by atoms with E-state index in [1.807, 2.05) is 0 Å². The summed E-state index contributed by atoms with van der Waals surface area (Å²) in [5, 5.41) is 16.0. The molecule has 0 spiro atoms. The predicted octanol–water partition coefficient (Wildman–Crippen LogP) is 0.859. The highest BCUT2D eigenvalue weighted by Gasteiger charge is 2.32. The Bertz CT molecular complexity index is 470. The summed E-state index contributed by atoms with van der Waals surface area (Å²) in [5.74, 6) is -0.694. The molecule has 0 unspecified atom stereocenters. The molecular formula is C11H13F3N4O2. The van der Waals surface area contributed by atoms with E-state index >= 15 is 0 Å². The minimum atomic E-state index is -4.19. The molecule has 0 bridgehead atoms. The van der Waals surface area contributed by atoms with Crippen molar-refractivity contribution in [1.29, 1.82) is 0 Å². The maximum atomic E-state index is 12.2. The van der Waals surface area contributed by atoms with Crippen LogP contribution in [-0.4, -0.2) is 65.1 Å². The van der Waals surface area contributed by atoms with Crippen LogP contribution in [0.4, 0.5) is 19.0 Å². The molecule has 2 heterocycles. The van der Waals surface area contributed by atoms with Crippen LogP contribution in [0.5, 0.6) is 0 Å². The van der Waals surface area contributed by atoms with Gasteiger partial charge in [-0.1, -0.05) is 0 Å². The van der Waals surface area contributed by atoms with Gasteiger partial charge in [0.2, 0.25) is 0 Å². The molecule has 0 aliphatic carbocycles. The average Bonchev–Trinajstić information content (AvgIpc) is 2.38. The van der Waals surface area contributed by atoms with Gasteiger partial charge in [0.1, 0.15) is 0 Å². The molecule has 1 N–H and O–H groups in total. The Morgan fingerprint density at radius 2 is 1.85 bits per heavy atom. The summed E-state index contributed by atoms with van der Waals surface area (Å²) in [7, 11) is 0. The minimum Gasteiger partial charge on any atom is -0.476 e. The number of hydrogen-bond acceptors (Lipinski definition) is 5. The average molecular weight is 290 g/mol. The van der Waals surface area contributed by atoms with E-state index in [2.05, 4.69) is 10.2 Å². The van der Waals surface area contributed by atoms with Gasteiger partial charge < -0.3 is 10.0 Å².